The molecule has 1 fully saturated rings. The molecule has 0 aliphatic carbocycles. The molecule has 0 spiro atoms. The molecule has 112 valence electrons. The zero-order valence-corrected chi connectivity index (χ0v) is 12.7. The van der Waals surface area contributed by atoms with Gasteiger partial charge in [-0.3, -0.25) is 9.69 Å². The van der Waals surface area contributed by atoms with Gasteiger partial charge < -0.3 is 15.0 Å². The van der Waals surface area contributed by atoms with Crippen molar-refractivity contribution in [1.29, 1.82) is 0 Å². The van der Waals surface area contributed by atoms with E-state index in [0.717, 1.165) is 45.1 Å². The molecule has 1 saturated heterocycles. The number of nitrogens with one attached hydrogen (secondary N) is 1. The Kier molecular flexibility index (Phi) is 8.02. The van der Waals surface area contributed by atoms with E-state index < -0.39 is 0 Å². The highest BCUT2D eigenvalue weighted by molar-refractivity contribution is 5.77. The minimum atomic E-state index is 0.133. The highest BCUT2D eigenvalue weighted by Gasteiger charge is 2.18. The molecule has 19 heavy (non-hydrogen) atoms. The summed E-state index contributed by atoms with van der Waals surface area (Å²) >= 11 is 0. The van der Waals surface area contributed by atoms with Crippen molar-refractivity contribution < 1.29 is 9.53 Å². The molecular formula is C14H29N3O2. The van der Waals surface area contributed by atoms with Crippen molar-refractivity contribution in [3.63, 3.8) is 0 Å². The quantitative estimate of drug-likeness (QED) is 0.650. The number of methoxy groups -OCH3 is 1. The Morgan fingerprint density at radius 3 is 2.42 bits per heavy atom. The van der Waals surface area contributed by atoms with Gasteiger partial charge in [-0.1, -0.05) is 13.8 Å². The van der Waals surface area contributed by atoms with Crippen LogP contribution in [0.1, 0.15) is 20.3 Å². The van der Waals surface area contributed by atoms with Gasteiger partial charge in [0.1, 0.15) is 0 Å². The summed E-state index contributed by atoms with van der Waals surface area (Å²) in [7, 11) is 1.68. The van der Waals surface area contributed by atoms with Crippen LogP contribution in [0.25, 0.3) is 0 Å². The largest absolute Gasteiger partial charge is 0.385 e. The third-order valence-corrected chi connectivity index (χ3v) is 3.30. The Labute approximate surface area is 117 Å². The molecule has 0 aromatic rings. The lowest BCUT2D eigenvalue weighted by Gasteiger charge is -2.35. The standard InChI is InChI=1S/C14H29N3O2/c1-13(2)11-16-6-8-17(9-7-16)12-14(18)15-5-4-10-19-3/h13H,4-12H2,1-3H3,(H,15,18). The van der Waals surface area contributed by atoms with Gasteiger partial charge in [0.15, 0.2) is 0 Å². The predicted octanol–water partition coefficient (Wildman–Crippen LogP) is 0.413. The first kappa shape index (κ1) is 16.4. The first-order valence-corrected chi connectivity index (χ1v) is 7.32. The number of carbonyl (C=O) groups excluding carboxylic acids is 1. The van der Waals surface area contributed by atoms with Crippen LogP contribution >= 0.6 is 0 Å². The average molecular weight is 271 g/mol. The highest BCUT2D eigenvalue weighted by Crippen LogP contribution is 2.04. The van der Waals surface area contributed by atoms with Crippen LogP contribution in [0.3, 0.4) is 0 Å². The molecule has 5 nitrogen and oxygen atoms in total. The van der Waals surface area contributed by atoms with E-state index in [9.17, 15) is 4.79 Å². The van der Waals surface area contributed by atoms with E-state index in [4.69, 9.17) is 4.74 Å². The van der Waals surface area contributed by atoms with Crippen molar-refractivity contribution in [2.24, 2.45) is 5.92 Å². The van der Waals surface area contributed by atoms with Gasteiger partial charge in [0, 0.05) is 53.0 Å². The van der Waals surface area contributed by atoms with Crippen LogP contribution in [0, 0.1) is 5.92 Å². The molecule has 0 atom stereocenters. The molecule has 1 aliphatic heterocycles. The zero-order valence-electron chi connectivity index (χ0n) is 12.7. The second-order valence-electron chi connectivity index (χ2n) is 5.67. The number of carbonyl (C=O) groups is 1. The summed E-state index contributed by atoms with van der Waals surface area (Å²) in [6.07, 6.45) is 0.879. The number of hydrogen-bond acceptors (Lipinski definition) is 4. The fraction of sp³-hybridized carbons (Fsp3) is 0.929. The second-order valence-corrected chi connectivity index (χ2v) is 5.67. The highest BCUT2D eigenvalue weighted by atomic mass is 16.5. The number of amides is 1. The van der Waals surface area contributed by atoms with Crippen molar-refractivity contribution in [3.8, 4) is 0 Å². The Hall–Kier alpha value is -0.650. The van der Waals surface area contributed by atoms with E-state index in [1.165, 1.54) is 0 Å². The Balaban J connectivity index is 2.09. The summed E-state index contributed by atoms with van der Waals surface area (Å²) in [6.45, 7) is 11.8. The molecule has 0 radical (unpaired) electrons. The maximum atomic E-state index is 11.7. The van der Waals surface area contributed by atoms with Crippen LogP contribution in [0.5, 0.6) is 0 Å². The van der Waals surface area contributed by atoms with E-state index in [1.807, 2.05) is 0 Å². The molecular weight excluding hydrogens is 242 g/mol. The molecule has 1 aliphatic rings. The van der Waals surface area contributed by atoms with Crippen molar-refractivity contribution >= 4 is 5.91 Å². The molecule has 1 rings (SSSR count). The van der Waals surface area contributed by atoms with Gasteiger partial charge in [-0.05, 0) is 12.3 Å². The lowest BCUT2D eigenvalue weighted by atomic mass is 10.2. The van der Waals surface area contributed by atoms with Crippen molar-refractivity contribution in [2.75, 3.05) is 59.5 Å². The van der Waals surface area contributed by atoms with Crippen molar-refractivity contribution in [2.45, 2.75) is 20.3 Å². The van der Waals surface area contributed by atoms with Gasteiger partial charge in [-0.25, -0.2) is 0 Å². The van der Waals surface area contributed by atoms with Gasteiger partial charge >= 0.3 is 0 Å². The number of rotatable bonds is 8. The van der Waals surface area contributed by atoms with Crippen molar-refractivity contribution in [1.82, 2.24) is 15.1 Å². The molecule has 0 saturated carbocycles. The van der Waals surface area contributed by atoms with Crippen LogP contribution in [0.15, 0.2) is 0 Å². The molecule has 1 N–H and O–H groups in total. The smallest absolute Gasteiger partial charge is 0.234 e. The van der Waals surface area contributed by atoms with Gasteiger partial charge in [-0.2, -0.15) is 0 Å². The van der Waals surface area contributed by atoms with E-state index >= 15 is 0 Å². The molecule has 0 aromatic heterocycles. The molecule has 1 amide bonds. The van der Waals surface area contributed by atoms with E-state index in [-0.39, 0.29) is 5.91 Å². The fourth-order valence-electron chi connectivity index (χ4n) is 2.35. The van der Waals surface area contributed by atoms with Crippen molar-refractivity contribution in [3.05, 3.63) is 0 Å². The summed E-state index contributed by atoms with van der Waals surface area (Å²) in [5.74, 6) is 0.851. The van der Waals surface area contributed by atoms with Crippen LogP contribution in [-0.2, 0) is 9.53 Å². The van der Waals surface area contributed by atoms with Gasteiger partial charge in [0.05, 0.1) is 6.54 Å². The molecule has 5 heteroatoms. The second kappa shape index (κ2) is 9.28. The van der Waals surface area contributed by atoms with Gasteiger partial charge in [-0.15, -0.1) is 0 Å². The maximum Gasteiger partial charge on any atom is 0.234 e. The third kappa shape index (κ3) is 7.50. The number of nitrogens with zero attached hydrogens (tertiary/aromatic N) is 2. The van der Waals surface area contributed by atoms with Crippen LogP contribution in [0.4, 0.5) is 0 Å². The van der Waals surface area contributed by atoms with E-state index in [0.29, 0.717) is 19.7 Å². The monoisotopic (exact) mass is 271 g/mol. The first-order chi connectivity index (χ1) is 9.11. The number of ether oxygens (including phenoxy) is 1. The summed E-state index contributed by atoms with van der Waals surface area (Å²) in [4.78, 5) is 16.4. The predicted molar refractivity (Wildman–Crippen MR) is 77.2 cm³/mol. The molecule has 0 bridgehead atoms. The minimum Gasteiger partial charge on any atom is -0.385 e. The van der Waals surface area contributed by atoms with E-state index in [2.05, 4.69) is 29.0 Å². The summed E-state index contributed by atoms with van der Waals surface area (Å²) in [5.41, 5.74) is 0. The summed E-state index contributed by atoms with van der Waals surface area (Å²) in [5, 5.41) is 2.93. The third-order valence-electron chi connectivity index (χ3n) is 3.30. The first-order valence-electron chi connectivity index (χ1n) is 7.32. The van der Waals surface area contributed by atoms with Gasteiger partial charge in [0.25, 0.3) is 0 Å². The Morgan fingerprint density at radius 1 is 1.21 bits per heavy atom. The summed E-state index contributed by atoms with van der Waals surface area (Å²) in [6, 6.07) is 0. The zero-order chi connectivity index (χ0) is 14.1. The SMILES string of the molecule is COCCCNC(=O)CN1CCN(CC(C)C)CC1. The van der Waals surface area contributed by atoms with Crippen LogP contribution < -0.4 is 5.32 Å². The van der Waals surface area contributed by atoms with Crippen LogP contribution in [0.2, 0.25) is 0 Å². The molecule has 0 unspecified atom stereocenters. The topological polar surface area (TPSA) is 44.8 Å². The average Bonchev–Trinajstić information content (AvgIpc) is 2.36. The lowest BCUT2D eigenvalue weighted by Crippen LogP contribution is -2.50. The Bertz CT molecular complexity index is 251. The summed E-state index contributed by atoms with van der Waals surface area (Å²) < 4.78 is 4.95. The Morgan fingerprint density at radius 2 is 1.84 bits per heavy atom. The fourth-order valence-corrected chi connectivity index (χ4v) is 2.35. The van der Waals surface area contributed by atoms with Gasteiger partial charge in [0.2, 0.25) is 5.91 Å². The van der Waals surface area contributed by atoms with E-state index in [1.54, 1.807) is 7.11 Å². The maximum absolute atomic E-state index is 11.7. The lowest BCUT2D eigenvalue weighted by molar-refractivity contribution is -0.122. The molecule has 0 aromatic carbocycles. The normalized spacial score (nSPS) is 17.9. The number of hydrogen-bond donors (Lipinski definition) is 1. The number of piperazine rings is 1. The molecule has 1 heterocycles. The minimum absolute atomic E-state index is 0.133. The van der Waals surface area contributed by atoms with Crippen LogP contribution in [-0.4, -0.2) is 75.2 Å².